The first-order valence-electron chi connectivity index (χ1n) is 9.46. The van der Waals surface area contributed by atoms with E-state index >= 15 is 0 Å². The van der Waals surface area contributed by atoms with E-state index in [-0.39, 0.29) is 12.4 Å². The number of alkyl halides is 3. The Hall–Kier alpha value is -2.58. The summed E-state index contributed by atoms with van der Waals surface area (Å²) in [4.78, 5) is 6.12. The van der Waals surface area contributed by atoms with Gasteiger partial charge in [0.2, 0.25) is 5.60 Å². The summed E-state index contributed by atoms with van der Waals surface area (Å²) in [5.74, 6) is -0.116. The van der Waals surface area contributed by atoms with E-state index in [1.165, 1.54) is 19.2 Å². The molecule has 0 aliphatic heterocycles. The summed E-state index contributed by atoms with van der Waals surface area (Å²) in [7, 11) is 3.08. The van der Waals surface area contributed by atoms with Crippen molar-refractivity contribution in [3.8, 4) is 5.75 Å². The molecule has 0 amide bonds. The molecule has 0 heterocycles. The molecule has 1 N–H and O–H groups in total. The molecular weight excluding hydrogens is 397 g/mol. The number of halogens is 3. The first-order valence-corrected chi connectivity index (χ1v) is 9.46. The van der Waals surface area contributed by atoms with Gasteiger partial charge >= 0.3 is 6.18 Å². The van der Waals surface area contributed by atoms with E-state index in [1.54, 1.807) is 43.6 Å². The molecule has 1 atom stereocenters. The van der Waals surface area contributed by atoms with Gasteiger partial charge in [0.1, 0.15) is 5.75 Å². The summed E-state index contributed by atoms with van der Waals surface area (Å²) in [5.41, 5.74) is -2.02. The highest BCUT2D eigenvalue weighted by Crippen LogP contribution is 2.45. The van der Waals surface area contributed by atoms with Crippen LogP contribution in [0.2, 0.25) is 0 Å². The molecule has 0 saturated carbocycles. The van der Waals surface area contributed by atoms with Crippen molar-refractivity contribution in [2.24, 2.45) is 4.99 Å². The van der Waals surface area contributed by atoms with E-state index in [0.29, 0.717) is 16.8 Å². The Kier molecular flexibility index (Phi) is 7.86. The summed E-state index contributed by atoms with van der Waals surface area (Å²) >= 11 is 0. The second kappa shape index (κ2) is 9.95. The molecule has 0 aliphatic carbocycles. The predicted octanol–water partition coefficient (Wildman–Crippen LogP) is 4.58. The first kappa shape index (κ1) is 23.7. The van der Waals surface area contributed by atoms with Gasteiger partial charge in [-0.25, -0.2) is 4.99 Å². The highest BCUT2D eigenvalue weighted by molar-refractivity contribution is 5.65. The minimum absolute atomic E-state index is 0.0632. The topological polar surface area (TPSA) is 54.3 Å². The van der Waals surface area contributed by atoms with E-state index in [0.717, 1.165) is 6.54 Å². The number of hydrogen-bond acceptors (Lipinski definition) is 4. The summed E-state index contributed by atoms with van der Waals surface area (Å²) in [6.45, 7) is 3.27. The van der Waals surface area contributed by atoms with Crippen LogP contribution in [-0.4, -0.2) is 49.8 Å². The van der Waals surface area contributed by atoms with Crippen LogP contribution in [0.5, 0.6) is 5.75 Å². The molecule has 164 valence electrons. The normalized spacial score (nSPS) is 14.0. The Morgan fingerprint density at radius 3 is 2.40 bits per heavy atom. The van der Waals surface area contributed by atoms with Crippen LogP contribution in [0.1, 0.15) is 23.6 Å². The van der Waals surface area contributed by atoms with Crippen LogP contribution in [0.25, 0.3) is 0 Å². The van der Waals surface area contributed by atoms with E-state index < -0.39 is 23.9 Å². The van der Waals surface area contributed by atoms with Gasteiger partial charge in [0, 0.05) is 25.2 Å². The molecule has 0 aliphatic rings. The molecular formula is C22H27F3N2O3. The number of aliphatic hydroxyl groups is 1. The van der Waals surface area contributed by atoms with Crippen molar-refractivity contribution >= 4 is 12.0 Å². The second-order valence-corrected chi connectivity index (χ2v) is 6.99. The van der Waals surface area contributed by atoms with E-state index in [2.05, 4.69) is 4.99 Å². The van der Waals surface area contributed by atoms with Crippen LogP contribution in [0.4, 0.5) is 18.9 Å². The summed E-state index contributed by atoms with van der Waals surface area (Å²) in [6.07, 6.45) is -3.39. The third-order valence-corrected chi connectivity index (χ3v) is 4.75. The lowest BCUT2D eigenvalue weighted by Gasteiger charge is -2.32. The number of benzene rings is 2. The lowest BCUT2D eigenvalue weighted by atomic mass is 9.91. The van der Waals surface area contributed by atoms with Crippen molar-refractivity contribution in [2.75, 3.05) is 27.3 Å². The van der Waals surface area contributed by atoms with Crippen LogP contribution in [0.3, 0.4) is 0 Å². The van der Waals surface area contributed by atoms with Gasteiger partial charge in [-0.3, -0.25) is 0 Å². The van der Waals surface area contributed by atoms with E-state index in [9.17, 15) is 18.3 Å². The SMILES string of the molecule is CCN(C)/C=N/c1cc(OC)c(C(O)(COCc2ccccc2)C(F)(F)F)cc1C. The molecule has 0 saturated heterocycles. The average Bonchev–Trinajstić information content (AvgIpc) is 2.72. The molecule has 0 spiro atoms. The lowest BCUT2D eigenvalue weighted by molar-refractivity contribution is -0.283. The fourth-order valence-electron chi connectivity index (χ4n) is 2.75. The van der Waals surface area contributed by atoms with Gasteiger partial charge in [0.15, 0.2) is 0 Å². The standard InChI is InChI=1S/C22H27F3N2O3/c1-5-27(3)15-26-19-12-20(29-4)18(11-16(19)2)21(28,22(23,24)25)14-30-13-17-9-7-6-8-10-17/h6-12,15,28H,5,13-14H2,1-4H3/b26-15+. The number of ether oxygens (including phenoxy) is 2. The Morgan fingerprint density at radius 2 is 1.83 bits per heavy atom. The summed E-state index contributed by atoms with van der Waals surface area (Å²) in [5, 5.41) is 10.7. The molecule has 2 aromatic carbocycles. The zero-order valence-electron chi connectivity index (χ0n) is 17.5. The molecule has 8 heteroatoms. The van der Waals surface area contributed by atoms with Crippen LogP contribution < -0.4 is 4.74 Å². The molecule has 0 bridgehead atoms. The highest BCUT2D eigenvalue weighted by Gasteiger charge is 2.56. The number of rotatable bonds is 9. The summed E-state index contributed by atoms with van der Waals surface area (Å²) in [6, 6.07) is 11.4. The third-order valence-electron chi connectivity index (χ3n) is 4.75. The van der Waals surface area contributed by atoms with Crippen molar-refractivity contribution in [3.05, 3.63) is 59.2 Å². The highest BCUT2D eigenvalue weighted by atomic mass is 19.4. The Labute approximate surface area is 174 Å². The maximum Gasteiger partial charge on any atom is 0.423 e. The maximum atomic E-state index is 13.9. The predicted molar refractivity (Wildman–Crippen MR) is 110 cm³/mol. The molecule has 2 aromatic rings. The molecule has 0 radical (unpaired) electrons. The number of methoxy groups -OCH3 is 1. The molecule has 0 fully saturated rings. The fourth-order valence-corrected chi connectivity index (χ4v) is 2.75. The van der Waals surface area contributed by atoms with Crippen molar-refractivity contribution in [2.45, 2.75) is 32.2 Å². The second-order valence-electron chi connectivity index (χ2n) is 6.99. The zero-order valence-corrected chi connectivity index (χ0v) is 17.5. The minimum Gasteiger partial charge on any atom is -0.496 e. The molecule has 2 rings (SSSR count). The Morgan fingerprint density at radius 1 is 1.17 bits per heavy atom. The molecule has 0 aromatic heterocycles. The Balaban J connectivity index is 2.38. The molecule has 5 nitrogen and oxygen atoms in total. The number of hydrogen-bond donors (Lipinski definition) is 1. The zero-order chi connectivity index (χ0) is 22.4. The van der Waals surface area contributed by atoms with Crippen molar-refractivity contribution in [1.82, 2.24) is 4.90 Å². The van der Waals surface area contributed by atoms with Crippen LogP contribution >= 0.6 is 0 Å². The number of aliphatic imine (C=N–C) groups is 1. The van der Waals surface area contributed by atoms with Gasteiger partial charge in [-0.15, -0.1) is 0 Å². The smallest absolute Gasteiger partial charge is 0.423 e. The van der Waals surface area contributed by atoms with Crippen molar-refractivity contribution in [3.63, 3.8) is 0 Å². The van der Waals surface area contributed by atoms with Gasteiger partial charge in [-0.1, -0.05) is 30.3 Å². The third kappa shape index (κ3) is 5.52. The van der Waals surface area contributed by atoms with Gasteiger partial charge in [0.05, 0.1) is 32.3 Å². The largest absolute Gasteiger partial charge is 0.496 e. The van der Waals surface area contributed by atoms with E-state index in [4.69, 9.17) is 9.47 Å². The number of nitrogens with zero attached hydrogens (tertiary/aromatic N) is 2. The van der Waals surface area contributed by atoms with Gasteiger partial charge < -0.3 is 19.5 Å². The fraction of sp³-hybridized carbons (Fsp3) is 0.409. The molecule has 30 heavy (non-hydrogen) atoms. The number of aryl methyl sites for hydroxylation is 1. The average molecular weight is 424 g/mol. The van der Waals surface area contributed by atoms with E-state index in [1.807, 2.05) is 18.9 Å². The van der Waals surface area contributed by atoms with Gasteiger partial charge in [-0.05, 0) is 31.0 Å². The monoisotopic (exact) mass is 424 g/mol. The van der Waals surface area contributed by atoms with Gasteiger partial charge in [-0.2, -0.15) is 13.2 Å². The van der Waals surface area contributed by atoms with Gasteiger partial charge in [0.25, 0.3) is 0 Å². The quantitative estimate of drug-likeness (QED) is 0.473. The van der Waals surface area contributed by atoms with Crippen molar-refractivity contribution < 1.29 is 27.8 Å². The van der Waals surface area contributed by atoms with Crippen LogP contribution in [0, 0.1) is 6.92 Å². The lowest BCUT2D eigenvalue weighted by Crippen LogP contribution is -2.46. The van der Waals surface area contributed by atoms with Crippen LogP contribution in [0.15, 0.2) is 47.5 Å². The Bertz CT molecular complexity index is 857. The minimum atomic E-state index is -4.98. The first-order chi connectivity index (χ1) is 14.1. The van der Waals surface area contributed by atoms with Crippen molar-refractivity contribution in [1.29, 1.82) is 0 Å². The summed E-state index contributed by atoms with van der Waals surface area (Å²) < 4.78 is 52.3. The van der Waals surface area contributed by atoms with Crippen LogP contribution in [-0.2, 0) is 16.9 Å². The molecule has 1 unspecified atom stereocenters. The maximum absolute atomic E-state index is 13.9.